The molecule has 3 aromatic rings. The first-order valence-corrected chi connectivity index (χ1v) is 12.4. The fraction of sp³-hybridized carbons (Fsp3) is 0.320. The Balaban J connectivity index is 1.58. The zero-order valence-corrected chi connectivity index (χ0v) is 19.7. The molecule has 0 bridgehead atoms. The van der Waals surface area contributed by atoms with Gasteiger partial charge in [0.1, 0.15) is 5.75 Å². The molecule has 2 aromatic carbocycles. The topological polar surface area (TPSA) is 71.8 Å². The lowest BCUT2D eigenvalue weighted by atomic mass is 10.2. The van der Waals surface area contributed by atoms with Crippen molar-refractivity contribution in [1.29, 1.82) is 0 Å². The van der Waals surface area contributed by atoms with Crippen LogP contribution in [0.1, 0.15) is 24.1 Å². The van der Waals surface area contributed by atoms with Crippen LogP contribution in [0.15, 0.2) is 77.8 Å². The van der Waals surface area contributed by atoms with Gasteiger partial charge in [0.2, 0.25) is 15.9 Å². The summed E-state index contributed by atoms with van der Waals surface area (Å²) in [6.45, 7) is 0.626. The molecule has 0 unspecified atom stereocenters. The standard InChI is InChI=1S/C25H29N3O4S/c1-26-16-6-9-22(26)18-27(17-20-7-4-3-5-8-20)25(29)19-28(21-10-11-21)33(30,31)24-14-12-23(32-2)13-15-24/h3-9,12-16,21H,10-11,17-19H2,1-2H3. The second-order valence-electron chi connectivity index (χ2n) is 8.30. The Kier molecular flexibility index (Phi) is 6.85. The van der Waals surface area contributed by atoms with Gasteiger partial charge in [-0.25, -0.2) is 8.42 Å². The van der Waals surface area contributed by atoms with E-state index in [1.807, 2.05) is 60.3 Å². The van der Waals surface area contributed by atoms with Gasteiger partial charge >= 0.3 is 0 Å². The highest BCUT2D eigenvalue weighted by atomic mass is 32.2. The maximum atomic E-state index is 13.5. The van der Waals surface area contributed by atoms with E-state index in [0.29, 0.717) is 18.8 Å². The Morgan fingerprint density at radius 3 is 2.27 bits per heavy atom. The number of methoxy groups -OCH3 is 1. The smallest absolute Gasteiger partial charge is 0.243 e. The van der Waals surface area contributed by atoms with E-state index in [-0.39, 0.29) is 23.4 Å². The van der Waals surface area contributed by atoms with Crippen molar-refractivity contribution in [3.63, 3.8) is 0 Å². The number of hydrogen-bond donors (Lipinski definition) is 0. The number of carbonyl (C=O) groups excluding carboxylic acids is 1. The lowest BCUT2D eigenvalue weighted by Crippen LogP contribution is -2.43. The van der Waals surface area contributed by atoms with Crippen LogP contribution in [0.4, 0.5) is 0 Å². The van der Waals surface area contributed by atoms with Gasteiger partial charge in [-0.15, -0.1) is 0 Å². The minimum Gasteiger partial charge on any atom is -0.497 e. The number of aromatic nitrogens is 1. The summed E-state index contributed by atoms with van der Waals surface area (Å²) in [6.07, 6.45) is 3.46. The number of carbonyl (C=O) groups is 1. The van der Waals surface area contributed by atoms with Crippen LogP contribution in [0.5, 0.6) is 5.75 Å². The van der Waals surface area contributed by atoms with Crippen LogP contribution >= 0.6 is 0 Å². The number of nitrogens with zero attached hydrogens (tertiary/aromatic N) is 3. The molecule has 1 fully saturated rings. The molecule has 4 rings (SSSR count). The predicted molar refractivity (Wildman–Crippen MR) is 126 cm³/mol. The van der Waals surface area contributed by atoms with Crippen molar-refractivity contribution >= 4 is 15.9 Å². The van der Waals surface area contributed by atoms with Crippen molar-refractivity contribution < 1.29 is 17.9 Å². The molecule has 0 aliphatic heterocycles. The molecule has 0 atom stereocenters. The molecular weight excluding hydrogens is 438 g/mol. The summed E-state index contributed by atoms with van der Waals surface area (Å²) in [5, 5.41) is 0. The Hall–Kier alpha value is -3.10. The molecule has 8 heteroatoms. The van der Waals surface area contributed by atoms with Gasteiger partial charge in [-0.2, -0.15) is 4.31 Å². The number of hydrogen-bond acceptors (Lipinski definition) is 4. The summed E-state index contributed by atoms with van der Waals surface area (Å²) in [4.78, 5) is 15.4. The normalized spacial score (nSPS) is 13.8. The molecule has 0 N–H and O–H groups in total. The summed E-state index contributed by atoms with van der Waals surface area (Å²) in [6, 6.07) is 19.8. The van der Waals surface area contributed by atoms with Crippen LogP contribution in [0, 0.1) is 0 Å². The quantitative estimate of drug-likeness (QED) is 0.458. The van der Waals surface area contributed by atoms with Gasteiger partial charge in [-0.1, -0.05) is 30.3 Å². The third-order valence-corrected chi connectivity index (χ3v) is 7.80. The zero-order chi connectivity index (χ0) is 23.4. The van der Waals surface area contributed by atoms with Crippen molar-refractivity contribution in [3.05, 3.63) is 84.2 Å². The first kappa shape index (κ1) is 23.1. The molecule has 1 heterocycles. The van der Waals surface area contributed by atoms with Gasteiger partial charge in [0.15, 0.2) is 0 Å². The van der Waals surface area contributed by atoms with Crippen LogP contribution in [0.2, 0.25) is 0 Å². The molecule has 1 saturated carbocycles. The first-order valence-electron chi connectivity index (χ1n) is 11.0. The van der Waals surface area contributed by atoms with E-state index in [9.17, 15) is 13.2 Å². The van der Waals surface area contributed by atoms with E-state index in [1.165, 1.54) is 23.5 Å². The average molecular weight is 468 g/mol. The molecular formula is C25H29N3O4S. The van der Waals surface area contributed by atoms with E-state index in [4.69, 9.17) is 4.74 Å². The van der Waals surface area contributed by atoms with Gasteiger partial charge < -0.3 is 14.2 Å². The molecule has 7 nitrogen and oxygen atoms in total. The molecule has 1 aliphatic carbocycles. The minimum absolute atomic E-state index is 0.144. The van der Waals surface area contributed by atoms with Crippen LogP contribution in [0.3, 0.4) is 0 Å². The van der Waals surface area contributed by atoms with Gasteiger partial charge in [-0.3, -0.25) is 4.79 Å². The largest absolute Gasteiger partial charge is 0.497 e. The number of sulfonamides is 1. The number of aryl methyl sites for hydroxylation is 1. The van der Waals surface area contributed by atoms with E-state index in [2.05, 4.69) is 0 Å². The van der Waals surface area contributed by atoms with Gasteiger partial charge in [0, 0.05) is 31.5 Å². The Morgan fingerprint density at radius 2 is 1.70 bits per heavy atom. The summed E-state index contributed by atoms with van der Waals surface area (Å²) < 4.78 is 35.3. The van der Waals surface area contributed by atoms with E-state index < -0.39 is 10.0 Å². The van der Waals surface area contributed by atoms with E-state index in [1.54, 1.807) is 17.0 Å². The SMILES string of the molecule is COc1ccc(S(=O)(=O)N(CC(=O)N(Cc2ccccc2)Cc2cccn2C)C2CC2)cc1. The monoisotopic (exact) mass is 467 g/mol. The summed E-state index contributed by atoms with van der Waals surface area (Å²) in [7, 11) is -0.339. The highest BCUT2D eigenvalue weighted by Crippen LogP contribution is 2.32. The average Bonchev–Trinajstić information content (AvgIpc) is 3.59. The highest BCUT2D eigenvalue weighted by Gasteiger charge is 2.40. The Bertz CT molecular complexity index is 1190. The molecule has 1 aliphatic rings. The first-order chi connectivity index (χ1) is 15.9. The zero-order valence-electron chi connectivity index (χ0n) is 18.9. The number of rotatable bonds is 10. The minimum atomic E-state index is -3.81. The second-order valence-corrected chi connectivity index (χ2v) is 10.2. The van der Waals surface area contributed by atoms with Gasteiger partial charge in [-0.05, 0) is 54.8 Å². The third kappa shape index (κ3) is 5.46. The van der Waals surface area contributed by atoms with Crippen molar-refractivity contribution in [3.8, 4) is 5.75 Å². The summed E-state index contributed by atoms with van der Waals surface area (Å²) in [5.41, 5.74) is 1.98. The van der Waals surface area contributed by atoms with Crippen molar-refractivity contribution in [2.75, 3.05) is 13.7 Å². The van der Waals surface area contributed by atoms with Crippen molar-refractivity contribution in [1.82, 2.24) is 13.8 Å². The Morgan fingerprint density at radius 1 is 1.00 bits per heavy atom. The summed E-state index contributed by atoms with van der Waals surface area (Å²) in [5.74, 6) is 0.364. The molecule has 0 spiro atoms. The highest BCUT2D eigenvalue weighted by molar-refractivity contribution is 7.89. The lowest BCUT2D eigenvalue weighted by Gasteiger charge is -2.27. The number of amides is 1. The lowest BCUT2D eigenvalue weighted by molar-refractivity contribution is -0.132. The third-order valence-electron chi connectivity index (χ3n) is 5.88. The van der Waals surface area contributed by atoms with Gasteiger partial charge in [0.25, 0.3) is 0 Å². The summed E-state index contributed by atoms with van der Waals surface area (Å²) >= 11 is 0. The fourth-order valence-electron chi connectivity index (χ4n) is 3.78. The number of ether oxygens (including phenoxy) is 1. The fourth-order valence-corrected chi connectivity index (χ4v) is 5.42. The maximum Gasteiger partial charge on any atom is 0.243 e. The molecule has 1 aromatic heterocycles. The van der Waals surface area contributed by atoms with Crippen LogP contribution in [-0.2, 0) is 35.0 Å². The molecule has 174 valence electrons. The van der Waals surface area contributed by atoms with Crippen LogP contribution < -0.4 is 4.74 Å². The second kappa shape index (κ2) is 9.80. The molecule has 33 heavy (non-hydrogen) atoms. The predicted octanol–water partition coefficient (Wildman–Crippen LogP) is 3.42. The number of benzene rings is 2. The van der Waals surface area contributed by atoms with Crippen molar-refractivity contribution in [2.45, 2.75) is 36.9 Å². The maximum absolute atomic E-state index is 13.5. The van der Waals surface area contributed by atoms with E-state index in [0.717, 1.165) is 24.1 Å². The van der Waals surface area contributed by atoms with Crippen LogP contribution in [0.25, 0.3) is 0 Å². The van der Waals surface area contributed by atoms with Gasteiger partial charge in [0.05, 0.1) is 25.1 Å². The van der Waals surface area contributed by atoms with Crippen molar-refractivity contribution in [2.24, 2.45) is 7.05 Å². The molecule has 0 saturated heterocycles. The van der Waals surface area contributed by atoms with E-state index >= 15 is 0 Å². The molecule has 0 radical (unpaired) electrons. The van der Waals surface area contributed by atoms with Crippen LogP contribution in [-0.4, -0.2) is 47.8 Å². The Labute approximate surface area is 195 Å². The molecule has 1 amide bonds.